The molecule has 0 amide bonds. The first-order valence-electron chi connectivity index (χ1n) is 7.33. The van der Waals surface area contributed by atoms with Gasteiger partial charge in [0.05, 0.1) is 11.7 Å². The minimum atomic E-state index is -1.33. The summed E-state index contributed by atoms with van der Waals surface area (Å²) in [5.41, 5.74) is -2.49. The van der Waals surface area contributed by atoms with E-state index in [1.54, 1.807) is 6.92 Å². The zero-order chi connectivity index (χ0) is 13.7. The van der Waals surface area contributed by atoms with Crippen molar-refractivity contribution in [3.63, 3.8) is 0 Å². The largest absolute Gasteiger partial charge is 0.390 e. The molecule has 0 aliphatic heterocycles. The quantitative estimate of drug-likeness (QED) is 0.672. The standard InChI is InChI=1S/C15H28O3/c1-9(2)11-5-6-14(4,17)15(18)12(11)7-10(3)8-13(15)16/h9-13,16-18H,5-8H2,1-4H3/t10-,11-,12-,13-,14+,15+/m0/s1. The molecule has 2 fully saturated rings. The maximum atomic E-state index is 11.0. The molecule has 2 saturated carbocycles. The van der Waals surface area contributed by atoms with Crippen molar-refractivity contribution in [2.45, 2.75) is 70.7 Å². The molecule has 0 spiro atoms. The monoisotopic (exact) mass is 256 g/mol. The Morgan fingerprint density at radius 2 is 1.78 bits per heavy atom. The van der Waals surface area contributed by atoms with Crippen molar-refractivity contribution in [2.24, 2.45) is 23.7 Å². The second kappa shape index (κ2) is 4.46. The van der Waals surface area contributed by atoms with Crippen LogP contribution in [0, 0.1) is 23.7 Å². The van der Waals surface area contributed by atoms with E-state index < -0.39 is 17.3 Å². The van der Waals surface area contributed by atoms with E-state index in [9.17, 15) is 15.3 Å². The summed E-state index contributed by atoms with van der Waals surface area (Å²) in [5.74, 6) is 1.31. The van der Waals surface area contributed by atoms with Crippen molar-refractivity contribution in [1.82, 2.24) is 0 Å². The minimum absolute atomic E-state index is 0.0139. The van der Waals surface area contributed by atoms with Crippen LogP contribution in [0.2, 0.25) is 0 Å². The fourth-order valence-electron chi connectivity index (χ4n) is 4.42. The van der Waals surface area contributed by atoms with Crippen LogP contribution in [0.25, 0.3) is 0 Å². The number of hydrogen-bond donors (Lipinski definition) is 3. The van der Waals surface area contributed by atoms with E-state index >= 15 is 0 Å². The summed E-state index contributed by atoms with van der Waals surface area (Å²) in [4.78, 5) is 0. The summed E-state index contributed by atoms with van der Waals surface area (Å²) < 4.78 is 0. The first-order chi connectivity index (χ1) is 8.20. The molecule has 0 bridgehead atoms. The predicted molar refractivity (Wildman–Crippen MR) is 71.0 cm³/mol. The van der Waals surface area contributed by atoms with E-state index in [2.05, 4.69) is 20.8 Å². The van der Waals surface area contributed by atoms with E-state index in [1.807, 2.05) is 0 Å². The lowest BCUT2D eigenvalue weighted by Gasteiger charge is -2.59. The van der Waals surface area contributed by atoms with Crippen LogP contribution < -0.4 is 0 Å². The molecule has 6 atom stereocenters. The molecule has 0 unspecified atom stereocenters. The highest BCUT2D eigenvalue weighted by Gasteiger charge is 2.62. The van der Waals surface area contributed by atoms with Gasteiger partial charge in [-0.05, 0) is 56.3 Å². The van der Waals surface area contributed by atoms with Crippen LogP contribution in [0.3, 0.4) is 0 Å². The third kappa shape index (κ3) is 1.91. The van der Waals surface area contributed by atoms with Gasteiger partial charge in [-0.15, -0.1) is 0 Å². The lowest BCUT2D eigenvalue weighted by Crippen LogP contribution is -2.70. The second-order valence-electron chi connectivity index (χ2n) is 7.24. The molecule has 2 aliphatic rings. The molecule has 106 valence electrons. The predicted octanol–water partition coefficient (Wildman–Crippen LogP) is 1.94. The van der Waals surface area contributed by atoms with Gasteiger partial charge in [0, 0.05) is 0 Å². The first kappa shape index (κ1) is 14.3. The molecular weight excluding hydrogens is 228 g/mol. The van der Waals surface area contributed by atoms with Gasteiger partial charge in [0.15, 0.2) is 0 Å². The van der Waals surface area contributed by atoms with Gasteiger partial charge >= 0.3 is 0 Å². The Morgan fingerprint density at radius 3 is 2.33 bits per heavy atom. The van der Waals surface area contributed by atoms with Crippen molar-refractivity contribution in [1.29, 1.82) is 0 Å². The lowest BCUT2D eigenvalue weighted by atomic mass is 9.52. The molecule has 0 radical (unpaired) electrons. The van der Waals surface area contributed by atoms with E-state index in [4.69, 9.17) is 0 Å². The molecule has 0 aromatic carbocycles. The molecule has 0 aromatic heterocycles. The molecule has 3 N–H and O–H groups in total. The average molecular weight is 256 g/mol. The summed E-state index contributed by atoms with van der Waals surface area (Å²) in [6.45, 7) is 8.17. The summed E-state index contributed by atoms with van der Waals surface area (Å²) in [6.07, 6.45) is 2.22. The Morgan fingerprint density at radius 1 is 1.17 bits per heavy atom. The van der Waals surface area contributed by atoms with Crippen molar-refractivity contribution >= 4 is 0 Å². The zero-order valence-electron chi connectivity index (χ0n) is 12.1. The van der Waals surface area contributed by atoms with Crippen LogP contribution in [0.5, 0.6) is 0 Å². The molecule has 0 saturated heterocycles. The van der Waals surface area contributed by atoms with Crippen LogP contribution >= 0.6 is 0 Å². The smallest absolute Gasteiger partial charge is 0.122 e. The molecular formula is C15H28O3. The maximum absolute atomic E-state index is 11.0. The van der Waals surface area contributed by atoms with Gasteiger partial charge in [0.2, 0.25) is 0 Å². The van der Waals surface area contributed by atoms with Crippen molar-refractivity contribution in [3.05, 3.63) is 0 Å². The van der Waals surface area contributed by atoms with Crippen molar-refractivity contribution in [3.8, 4) is 0 Å². The fraction of sp³-hybridized carbons (Fsp3) is 1.00. The van der Waals surface area contributed by atoms with Crippen LogP contribution in [0.1, 0.15) is 53.4 Å². The topological polar surface area (TPSA) is 60.7 Å². The number of fused-ring (bicyclic) bond motifs is 1. The Labute approximate surface area is 110 Å². The van der Waals surface area contributed by atoms with E-state index in [0.717, 1.165) is 12.8 Å². The van der Waals surface area contributed by atoms with E-state index in [-0.39, 0.29) is 5.92 Å². The highest BCUT2D eigenvalue weighted by Crippen LogP contribution is 2.54. The van der Waals surface area contributed by atoms with Gasteiger partial charge in [0.1, 0.15) is 5.60 Å². The van der Waals surface area contributed by atoms with Gasteiger partial charge in [-0.1, -0.05) is 20.8 Å². The molecule has 18 heavy (non-hydrogen) atoms. The van der Waals surface area contributed by atoms with Crippen molar-refractivity contribution in [2.75, 3.05) is 0 Å². The SMILES string of the molecule is CC(C)[C@@H]1CC[C@@](C)(O)[C@]2(O)[C@@H](O)C[C@@H](C)C[C@@H]12. The summed E-state index contributed by atoms with van der Waals surface area (Å²) in [7, 11) is 0. The van der Waals surface area contributed by atoms with Gasteiger partial charge in [-0.3, -0.25) is 0 Å². The van der Waals surface area contributed by atoms with Gasteiger partial charge in [0.25, 0.3) is 0 Å². The van der Waals surface area contributed by atoms with E-state index in [0.29, 0.717) is 30.6 Å². The Kier molecular flexibility index (Phi) is 3.54. The van der Waals surface area contributed by atoms with Gasteiger partial charge in [-0.2, -0.15) is 0 Å². The average Bonchev–Trinajstić information content (AvgIpc) is 2.22. The molecule has 3 heteroatoms. The van der Waals surface area contributed by atoms with Crippen LogP contribution in [0.4, 0.5) is 0 Å². The highest BCUT2D eigenvalue weighted by atomic mass is 16.4. The van der Waals surface area contributed by atoms with Crippen molar-refractivity contribution < 1.29 is 15.3 Å². The second-order valence-corrected chi connectivity index (χ2v) is 7.24. The maximum Gasteiger partial charge on any atom is 0.122 e. The minimum Gasteiger partial charge on any atom is -0.390 e. The Bertz CT molecular complexity index is 313. The number of aliphatic hydroxyl groups excluding tert-OH is 1. The normalized spacial score (nSPS) is 53.3. The molecule has 0 heterocycles. The molecule has 2 aliphatic carbocycles. The fourth-order valence-corrected chi connectivity index (χ4v) is 4.42. The van der Waals surface area contributed by atoms with Crippen LogP contribution in [-0.4, -0.2) is 32.6 Å². The first-order valence-corrected chi connectivity index (χ1v) is 7.33. The van der Waals surface area contributed by atoms with Crippen LogP contribution in [-0.2, 0) is 0 Å². The lowest BCUT2D eigenvalue weighted by molar-refractivity contribution is -0.273. The Hall–Kier alpha value is -0.120. The Balaban J connectivity index is 2.39. The van der Waals surface area contributed by atoms with Gasteiger partial charge in [-0.25, -0.2) is 0 Å². The number of hydrogen-bond acceptors (Lipinski definition) is 3. The van der Waals surface area contributed by atoms with E-state index in [1.165, 1.54) is 0 Å². The third-order valence-electron chi connectivity index (χ3n) is 5.56. The summed E-state index contributed by atoms with van der Waals surface area (Å²) >= 11 is 0. The highest BCUT2D eigenvalue weighted by molar-refractivity contribution is 5.13. The third-order valence-corrected chi connectivity index (χ3v) is 5.56. The number of rotatable bonds is 1. The van der Waals surface area contributed by atoms with Gasteiger partial charge < -0.3 is 15.3 Å². The summed E-state index contributed by atoms with van der Waals surface area (Å²) in [6, 6.07) is 0. The van der Waals surface area contributed by atoms with Crippen LogP contribution in [0.15, 0.2) is 0 Å². The molecule has 3 nitrogen and oxygen atoms in total. The number of aliphatic hydroxyl groups is 3. The molecule has 0 aromatic rings. The summed E-state index contributed by atoms with van der Waals surface area (Å²) in [5, 5.41) is 32.0. The zero-order valence-corrected chi connectivity index (χ0v) is 12.1. The molecule has 2 rings (SSSR count).